The van der Waals surface area contributed by atoms with E-state index in [4.69, 9.17) is 10.8 Å². The van der Waals surface area contributed by atoms with Crippen molar-refractivity contribution >= 4 is 0 Å². The van der Waals surface area contributed by atoms with E-state index < -0.39 is 0 Å². The van der Waals surface area contributed by atoms with Gasteiger partial charge in [0.25, 0.3) is 0 Å². The van der Waals surface area contributed by atoms with Crippen molar-refractivity contribution in [1.29, 1.82) is 0 Å². The lowest BCUT2D eigenvalue weighted by Crippen LogP contribution is -2.47. The molecule has 0 spiro atoms. The maximum atomic E-state index is 8.99. The van der Waals surface area contributed by atoms with Gasteiger partial charge < -0.3 is 16.2 Å². The van der Waals surface area contributed by atoms with Crippen molar-refractivity contribution in [1.82, 2.24) is 5.32 Å². The summed E-state index contributed by atoms with van der Waals surface area (Å²) in [5.41, 5.74) is 6.39. The molecule has 3 heteroatoms. The van der Waals surface area contributed by atoms with Crippen LogP contribution in [0.5, 0.6) is 0 Å². The first-order chi connectivity index (χ1) is 8.88. The first-order valence-electron chi connectivity index (χ1n) is 7.95. The summed E-state index contributed by atoms with van der Waals surface area (Å²) in [5.74, 6) is 1.57. The van der Waals surface area contributed by atoms with Crippen LogP contribution < -0.4 is 11.1 Å². The predicted molar refractivity (Wildman–Crippen MR) is 82.0 cm³/mol. The lowest BCUT2D eigenvalue weighted by Gasteiger charge is -2.40. The molecule has 0 radical (unpaired) electrons. The van der Waals surface area contributed by atoms with Crippen molar-refractivity contribution in [3.05, 3.63) is 0 Å². The molecule has 0 aromatic rings. The molecule has 0 amide bonds. The highest BCUT2D eigenvalue weighted by atomic mass is 16.3. The number of hydrogen-bond donors (Lipinski definition) is 3. The van der Waals surface area contributed by atoms with Crippen molar-refractivity contribution in [2.24, 2.45) is 23.0 Å². The van der Waals surface area contributed by atoms with Gasteiger partial charge in [-0.3, -0.25) is 0 Å². The second-order valence-corrected chi connectivity index (χ2v) is 7.40. The SMILES string of the molecule is CC(CCO)NC(CN)C1CCC(C(C)(C)C)CC1. The predicted octanol–water partition coefficient (Wildman–Crippen LogP) is 2.53. The van der Waals surface area contributed by atoms with Crippen LogP contribution in [-0.4, -0.2) is 30.3 Å². The van der Waals surface area contributed by atoms with Crippen LogP contribution in [-0.2, 0) is 0 Å². The highest BCUT2D eigenvalue weighted by molar-refractivity contribution is 4.87. The van der Waals surface area contributed by atoms with Gasteiger partial charge in [-0.05, 0) is 56.3 Å². The maximum absolute atomic E-state index is 8.99. The molecular formula is C16H34N2O. The average Bonchev–Trinajstić information content (AvgIpc) is 2.35. The Labute approximate surface area is 119 Å². The maximum Gasteiger partial charge on any atom is 0.0445 e. The Hall–Kier alpha value is -0.120. The highest BCUT2D eigenvalue weighted by Gasteiger charge is 2.32. The third-order valence-corrected chi connectivity index (χ3v) is 4.88. The van der Waals surface area contributed by atoms with Gasteiger partial charge in [-0.2, -0.15) is 0 Å². The number of aliphatic hydroxyl groups excluding tert-OH is 1. The van der Waals surface area contributed by atoms with Crippen molar-refractivity contribution < 1.29 is 5.11 Å². The second-order valence-electron chi connectivity index (χ2n) is 7.40. The minimum absolute atomic E-state index is 0.252. The summed E-state index contributed by atoms with van der Waals surface area (Å²) < 4.78 is 0. The molecule has 2 atom stereocenters. The van der Waals surface area contributed by atoms with Gasteiger partial charge in [0.15, 0.2) is 0 Å². The fraction of sp³-hybridized carbons (Fsp3) is 1.00. The number of nitrogens with one attached hydrogen (secondary N) is 1. The summed E-state index contributed by atoms with van der Waals surface area (Å²) >= 11 is 0. The second kappa shape index (κ2) is 7.61. The highest BCUT2D eigenvalue weighted by Crippen LogP contribution is 2.40. The van der Waals surface area contributed by atoms with Gasteiger partial charge >= 0.3 is 0 Å². The van der Waals surface area contributed by atoms with Crippen LogP contribution in [0.2, 0.25) is 0 Å². The van der Waals surface area contributed by atoms with Crippen LogP contribution in [0.3, 0.4) is 0 Å². The third-order valence-electron chi connectivity index (χ3n) is 4.88. The van der Waals surface area contributed by atoms with Crippen LogP contribution in [0, 0.1) is 17.3 Å². The molecule has 19 heavy (non-hydrogen) atoms. The molecule has 0 aromatic heterocycles. The Morgan fingerprint density at radius 1 is 1.21 bits per heavy atom. The molecule has 0 aliphatic heterocycles. The summed E-state index contributed by atoms with van der Waals surface area (Å²) in [6.07, 6.45) is 6.07. The molecule has 0 heterocycles. The number of nitrogens with two attached hydrogens (primary N) is 1. The Balaban J connectivity index is 2.43. The summed E-state index contributed by atoms with van der Waals surface area (Å²) in [4.78, 5) is 0. The topological polar surface area (TPSA) is 58.3 Å². The zero-order chi connectivity index (χ0) is 14.5. The normalized spacial score (nSPS) is 28.1. The van der Waals surface area contributed by atoms with E-state index in [0.717, 1.165) is 12.3 Å². The molecule has 1 aliphatic carbocycles. The van der Waals surface area contributed by atoms with Crippen molar-refractivity contribution in [3.63, 3.8) is 0 Å². The molecule has 0 saturated heterocycles. The molecular weight excluding hydrogens is 236 g/mol. The summed E-state index contributed by atoms with van der Waals surface area (Å²) in [7, 11) is 0. The quantitative estimate of drug-likeness (QED) is 0.695. The van der Waals surface area contributed by atoms with Crippen LogP contribution in [0.25, 0.3) is 0 Å². The lowest BCUT2D eigenvalue weighted by atomic mass is 9.68. The van der Waals surface area contributed by atoms with Gasteiger partial charge in [0.2, 0.25) is 0 Å². The average molecular weight is 270 g/mol. The number of hydrogen-bond acceptors (Lipinski definition) is 3. The van der Waals surface area contributed by atoms with Crippen LogP contribution in [0.4, 0.5) is 0 Å². The number of rotatable bonds is 6. The molecule has 2 unspecified atom stereocenters. The largest absolute Gasteiger partial charge is 0.396 e. The van der Waals surface area contributed by atoms with Crippen molar-refractivity contribution in [2.45, 2.75) is 71.9 Å². The first-order valence-corrected chi connectivity index (χ1v) is 7.95. The third kappa shape index (κ3) is 5.41. The molecule has 1 rings (SSSR count). The standard InChI is InChI=1S/C16H34N2O/c1-12(9-10-19)18-15(11-17)13-5-7-14(8-6-13)16(2,3)4/h12-15,18-19H,5-11,17H2,1-4H3. The van der Waals surface area contributed by atoms with E-state index in [1.54, 1.807) is 0 Å². The van der Waals surface area contributed by atoms with Gasteiger partial charge in [-0.15, -0.1) is 0 Å². The van der Waals surface area contributed by atoms with E-state index in [2.05, 4.69) is 33.0 Å². The summed E-state index contributed by atoms with van der Waals surface area (Å²) in [5, 5.41) is 12.6. The molecule has 114 valence electrons. The Kier molecular flexibility index (Phi) is 6.78. The molecule has 1 fully saturated rings. The zero-order valence-electron chi connectivity index (χ0n) is 13.3. The lowest BCUT2D eigenvalue weighted by molar-refractivity contribution is 0.129. The van der Waals surface area contributed by atoms with E-state index >= 15 is 0 Å². The molecule has 4 N–H and O–H groups in total. The molecule has 0 bridgehead atoms. The van der Waals surface area contributed by atoms with Crippen molar-refractivity contribution in [2.75, 3.05) is 13.2 Å². The Morgan fingerprint density at radius 2 is 1.79 bits per heavy atom. The first kappa shape index (κ1) is 16.9. The summed E-state index contributed by atoms with van der Waals surface area (Å²) in [6.45, 7) is 10.2. The van der Waals surface area contributed by atoms with Crippen LogP contribution >= 0.6 is 0 Å². The van der Waals surface area contributed by atoms with Gasteiger partial charge in [-0.1, -0.05) is 20.8 Å². The summed E-state index contributed by atoms with van der Waals surface area (Å²) in [6, 6.07) is 0.779. The molecule has 3 nitrogen and oxygen atoms in total. The minimum Gasteiger partial charge on any atom is -0.396 e. The Bertz CT molecular complexity index is 242. The van der Waals surface area contributed by atoms with Gasteiger partial charge in [-0.25, -0.2) is 0 Å². The number of aliphatic hydroxyl groups is 1. The van der Waals surface area contributed by atoms with Crippen LogP contribution in [0.1, 0.15) is 59.8 Å². The molecule has 0 aromatic carbocycles. The van der Waals surface area contributed by atoms with E-state index in [9.17, 15) is 0 Å². The van der Waals surface area contributed by atoms with E-state index in [1.807, 2.05) is 0 Å². The van der Waals surface area contributed by atoms with E-state index in [1.165, 1.54) is 25.7 Å². The van der Waals surface area contributed by atoms with E-state index in [0.29, 0.717) is 30.0 Å². The van der Waals surface area contributed by atoms with Gasteiger partial charge in [0.05, 0.1) is 0 Å². The smallest absolute Gasteiger partial charge is 0.0445 e. The van der Waals surface area contributed by atoms with Gasteiger partial charge in [0, 0.05) is 25.2 Å². The van der Waals surface area contributed by atoms with Crippen molar-refractivity contribution in [3.8, 4) is 0 Å². The zero-order valence-corrected chi connectivity index (χ0v) is 13.3. The fourth-order valence-electron chi connectivity index (χ4n) is 3.43. The minimum atomic E-state index is 0.252. The van der Waals surface area contributed by atoms with Crippen LogP contribution in [0.15, 0.2) is 0 Å². The molecule has 1 saturated carbocycles. The monoisotopic (exact) mass is 270 g/mol. The Morgan fingerprint density at radius 3 is 2.21 bits per heavy atom. The van der Waals surface area contributed by atoms with Gasteiger partial charge in [0.1, 0.15) is 0 Å². The molecule has 1 aliphatic rings. The van der Waals surface area contributed by atoms with E-state index in [-0.39, 0.29) is 6.61 Å². The fourth-order valence-corrected chi connectivity index (χ4v) is 3.43.